The Kier molecular flexibility index (Phi) is 7.42. The number of piperazine rings is 1. The average molecular weight is 404 g/mol. The van der Waals surface area contributed by atoms with E-state index in [0.717, 1.165) is 49.8 Å². The molecular formula is C21H30FN5S. The van der Waals surface area contributed by atoms with E-state index in [1.807, 2.05) is 49.5 Å². The van der Waals surface area contributed by atoms with E-state index >= 15 is 0 Å². The van der Waals surface area contributed by atoms with Crippen molar-refractivity contribution >= 4 is 17.3 Å². The highest BCUT2D eigenvalue weighted by Crippen LogP contribution is 2.14. The summed E-state index contributed by atoms with van der Waals surface area (Å²) in [5, 5.41) is 5.57. The molecule has 5 nitrogen and oxygen atoms in total. The second-order valence-electron chi connectivity index (χ2n) is 7.41. The van der Waals surface area contributed by atoms with Gasteiger partial charge in [-0.2, -0.15) is 0 Å². The molecule has 0 amide bonds. The minimum Gasteiger partial charge on any atom is -0.352 e. The Morgan fingerprint density at radius 1 is 1.21 bits per heavy atom. The fraction of sp³-hybridized carbons (Fsp3) is 0.476. The summed E-state index contributed by atoms with van der Waals surface area (Å²) in [4.78, 5) is 12.6. The van der Waals surface area contributed by atoms with Crippen LogP contribution in [0.1, 0.15) is 16.0 Å². The molecule has 0 atom stereocenters. The van der Waals surface area contributed by atoms with Crippen molar-refractivity contribution in [1.29, 1.82) is 0 Å². The van der Waals surface area contributed by atoms with Crippen LogP contribution in [0.3, 0.4) is 0 Å². The number of hydrogen-bond donors (Lipinski definition) is 1. The van der Waals surface area contributed by atoms with Crippen LogP contribution in [0, 0.1) is 5.82 Å². The first-order valence-electron chi connectivity index (χ1n) is 9.67. The standard InChI is InChI=1S/C21H30FN5S/c1-23-21(24-14-17-6-7-20(22)18(13-17)15-25(2)3)27-10-8-26(9-11-27)16-19-5-4-12-28-19/h4-7,12-13H,8-11,14-16H2,1-3H3,(H,23,24). The van der Waals surface area contributed by atoms with Gasteiger partial charge in [0.1, 0.15) is 5.82 Å². The van der Waals surface area contributed by atoms with Crippen LogP contribution in [0.4, 0.5) is 4.39 Å². The highest BCUT2D eigenvalue weighted by molar-refractivity contribution is 7.09. The first kappa shape index (κ1) is 20.8. The van der Waals surface area contributed by atoms with Crippen LogP contribution in [0.5, 0.6) is 0 Å². The summed E-state index contributed by atoms with van der Waals surface area (Å²) in [7, 11) is 5.72. The van der Waals surface area contributed by atoms with E-state index in [1.54, 1.807) is 6.07 Å². The molecule has 0 spiro atoms. The van der Waals surface area contributed by atoms with Crippen molar-refractivity contribution in [3.8, 4) is 0 Å². The molecule has 7 heteroatoms. The zero-order chi connectivity index (χ0) is 19.9. The predicted octanol–water partition coefficient (Wildman–Crippen LogP) is 2.84. The molecule has 1 aliphatic heterocycles. The molecular weight excluding hydrogens is 373 g/mol. The molecule has 1 aromatic heterocycles. The van der Waals surface area contributed by atoms with E-state index in [1.165, 1.54) is 4.88 Å². The Bertz CT molecular complexity index is 767. The van der Waals surface area contributed by atoms with Gasteiger partial charge in [0, 0.05) is 63.3 Å². The summed E-state index contributed by atoms with van der Waals surface area (Å²) >= 11 is 1.82. The van der Waals surface area contributed by atoms with Gasteiger partial charge in [0.15, 0.2) is 5.96 Å². The molecule has 1 N–H and O–H groups in total. The maximum atomic E-state index is 14.0. The summed E-state index contributed by atoms with van der Waals surface area (Å²) in [6.45, 7) is 6.25. The molecule has 0 aliphatic carbocycles. The maximum Gasteiger partial charge on any atom is 0.194 e. The van der Waals surface area contributed by atoms with Crippen molar-refractivity contribution in [1.82, 2.24) is 20.0 Å². The average Bonchev–Trinajstić information content (AvgIpc) is 3.18. The van der Waals surface area contributed by atoms with Crippen LogP contribution < -0.4 is 5.32 Å². The van der Waals surface area contributed by atoms with E-state index in [4.69, 9.17) is 0 Å². The molecule has 0 saturated carbocycles. The van der Waals surface area contributed by atoms with Gasteiger partial charge in [-0.3, -0.25) is 9.89 Å². The van der Waals surface area contributed by atoms with Crippen LogP contribution in [-0.2, 0) is 19.6 Å². The van der Waals surface area contributed by atoms with Crippen molar-refractivity contribution in [2.24, 2.45) is 4.99 Å². The lowest BCUT2D eigenvalue weighted by atomic mass is 10.1. The van der Waals surface area contributed by atoms with Crippen LogP contribution in [0.2, 0.25) is 0 Å². The highest BCUT2D eigenvalue weighted by atomic mass is 32.1. The first-order chi connectivity index (χ1) is 13.5. The number of benzene rings is 1. The summed E-state index contributed by atoms with van der Waals surface area (Å²) in [6.07, 6.45) is 0. The number of nitrogens with one attached hydrogen (secondary N) is 1. The van der Waals surface area contributed by atoms with Gasteiger partial charge in [0.05, 0.1) is 0 Å². The summed E-state index contributed by atoms with van der Waals surface area (Å²) in [5.74, 6) is 0.762. The third-order valence-corrected chi connectivity index (χ3v) is 5.75. The quantitative estimate of drug-likeness (QED) is 0.594. The minimum absolute atomic E-state index is 0.149. The highest BCUT2D eigenvalue weighted by Gasteiger charge is 2.19. The number of guanidine groups is 1. The molecule has 28 heavy (non-hydrogen) atoms. The maximum absolute atomic E-state index is 14.0. The predicted molar refractivity (Wildman–Crippen MR) is 115 cm³/mol. The Morgan fingerprint density at radius 3 is 2.64 bits per heavy atom. The van der Waals surface area contributed by atoms with Crippen LogP contribution in [0.25, 0.3) is 0 Å². The molecule has 3 rings (SSSR count). The number of halogens is 1. The van der Waals surface area contributed by atoms with Gasteiger partial charge in [-0.15, -0.1) is 11.3 Å². The third kappa shape index (κ3) is 5.77. The van der Waals surface area contributed by atoms with Crippen molar-refractivity contribution < 1.29 is 4.39 Å². The SMILES string of the molecule is CN=C(NCc1ccc(F)c(CN(C)C)c1)N1CCN(Cc2cccs2)CC1. The first-order valence-corrected chi connectivity index (χ1v) is 10.6. The second kappa shape index (κ2) is 10.0. The Labute approximate surface area is 171 Å². The molecule has 1 aromatic carbocycles. The Balaban J connectivity index is 1.51. The molecule has 2 heterocycles. The summed E-state index contributed by atoms with van der Waals surface area (Å²) in [5.41, 5.74) is 1.79. The van der Waals surface area contributed by atoms with Gasteiger partial charge in [-0.25, -0.2) is 4.39 Å². The number of rotatable bonds is 6. The van der Waals surface area contributed by atoms with Crippen LogP contribution in [-0.4, -0.2) is 68.0 Å². The summed E-state index contributed by atoms with van der Waals surface area (Å²) in [6, 6.07) is 9.65. The van der Waals surface area contributed by atoms with Gasteiger partial charge < -0.3 is 15.1 Å². The molecule has 1 saturated heterocycles. The van der Waals surface area contributed by atoms with Crippen LogP contribution in [0.15, 0.2) is 40.7 Å². The third-order valence-electron chi connectivity index (χ3n) is 4.89. The number of thiophene rings is 1. The van der Waals surface area contributed by atoms with Gasteiger partial charge in [0.25, 0.3) is 0 Å². The van der Waals surface area contributed by atoms with Gasteiger partial charge in [-0.1, -0.05) is 12.1 Å². The Morgan fingerprint density at radius 2 is 2.00 bits per heavy atom. The largest absolute Gasteiger partial charge is 0.352 e. The molecule has 0 radical (unpaired) electrons. The second-order valence-corrected chi connectivity index (χ2v) is 8.44. The lowest BCUT2D eigenvalue weighted by Crippen LogP contribution is -2.51. The van der Waals surface area contributed by atoms with Gasteiger partial charge in [0.2, 0.25) is 0 Å². The smallest absolute Gasteiger partial charge is 0.194 e. The fourth-order valence-electron chi connectivity index (χ4n) is 3.45. The monoisotopic (exact) mass is 403 g/mol. The molecule has 0 bridgehead atoms. The molecule has 1 fully saturated rings. The lowest BCUT2D eigenvalue weighted by Gasteiger charge is -2.36. The number of aliphatic imine (C=N–C) groups is 1. The zero-order valence-electron chi connectivity index (χ0n) is 17.0. The number of nitrogens with zero attached hydrogens (tertiary/aromatic N) is 4. The lowest BCUT2D eigenvalue weighted by molar-refractivity contribution is 0.173. The zero-order valence-corrected chi connectivity index (χ0v) is 17.8. The van der Waals surface area contributed by atoms with Crippen molar-refractivity contribution in [2.45, 2.75) is 19.6 Å². The van der Waals surface area contributed by atoms with Crippen LogP contribution >= 0.6 is 11.3 Å². The fourth-order valence-corrected chi connectivity index (χ4v) is 4.20. The van der Waals surface area contributed by atoms with E-state index in [0.29, 0.717) is 13.1 Å². The van der Waals surface area contributed by atoms with Gasteiger partial charge in [-0.05, 0) is 43.2 Å². The molecule has 152 valence electrons. The van der Waals surface area contributed by atoms with E-state index < -0.39 is 0 Å². The van der Waals surface area contributed by atoms with Crippen molar-refractivity contribution in [2.75, 3.05) is 47.3 Å². The van der Waals surface area contributed by atoms with E-state index in [2.05, 4.69) is 37.6 Å². The normalized spacial score (nSPS) is 16.0. The van der Waals surface area contributed by atoms with Crippen molar-refractivity contribution in [3.63, 3.8) is 0 Å². The van der Waals surface area contributed by atoms with E-state index in [9.17, 15) is 4.39 Å². The topological polar surface area (TPSA) is 34.1 Å². The van der Waals surface area contributed by atoms with Crippen molar-refractivity contribution in [3.05, 3.63) is 57.5 Å². The van der Waals surface area contributed by atoms with Gasteiger partial charge >= 0.3 is 0 Å². The summed E-state index contributed by atoms with van der Waals surface area (Å²) < 4.78 is 14.0. The van der Waals surface area contributed by atoms with E-state index in [-0.39, 0.29) is 5.82 Å². The molecule has 2 aromatic rings. The number of hydrogen-bond acceptors (Lipinski definition) is 4. The molecule has 1 aliphatic rings. The minimum atomic E-state index is -0.149. The Hall–Kier alpha value is -1.96. The molecule has 0 unspecified atom stereocenters.